The lowest BCUT2D eigenvalue weighted by Crippen LogP contribution is -2.22. The van der Waals surface area contributed by atoms with Crippen LogP contribution in [0.1, 0.15) is 24.1 Å². The van der Waals surface area contributed by atoms with E-state index in [4.69, 9.17) is 16.3 Å². The van der Waals surface area contributed by atoms with Crippen molar-refractivity contribution >= 4 is 50.1 Å². The molecule has 5 heteroatoms. The fraction of sp³-hybridized carbons (Fsp3) is 0.250. The molecule has 0 heterocycles. The summed E-state index contributed by atoms with van der Waals surface area (Å²) in [6.07, 6.45) is 0. The van der Waals surface area contributed by atoms with Gasteiger partial charge in [-0.2, -0.15) is 0 Å². The highest BCUT2D eigenvalue weighted by atomic mass is 127. The highest BCUT2D eigenvalue weighted by Crippen LogP contribution is 2.35. The first-order valence-electron chi connectivity index (χ1n) is 6.58. The number of methoxy groups -OCH3 is 1. The van der Waals surface area contributed by atoms with Gasteiger partial charge in [0.15, 0.2) is 0 Å². The molecule has 0 amide bonds. The number of halogens is 3. The Hall–Kier alpha value is -0.300. The first-order valence-corrected chi connectivity index (χ1v) is 8.83. The Labute approximate surface area is 152 Å². The monoisotopic (exact) mass is 479 g/mol. The summed E-state index contributed by atoms with van der Waals surface area (Å²) >= 11 is 12.4. The fourth-order valence-corrected chi connectivity index (χ4v) is 3.47. The Morgan fingerprint density at radius 1 is 1.24 bits per heavy atom. The maximum absolute atomic E-state index is 6.44. The molecule has 1 atom stereocenters. The van der Waals surface area contributed by atoms with Crippen molar-refractivity contribution in [3.8, 4) is 5.75 Å². The molecule has 21 heavy (non-hydrogen) atoms. The van der Waals surface area contributed by atoms with Gasteiger partial charge in [0.1, 0.15) is 5.75 Å². The average Bonchev–Trinajstić information content (AvgIpc) is 2.48. The average molecular weight is 481 g/mol. The lowest BCUT2D eigenvalue weighted by Gasteiger charge is -2.22. The topological polar surface area (TPSA) is 21.3 Å². The number of hydrogen-bond acceptors (Lipinski definition) is 2. The second kappa shape index (κ2) is 7.81. The molecule has 2 aromatic carbocycles. The number of hydrogen-bond donors (Lipinski definition) is 1. The second-order valence-corrected chi connectivity index (χ2v) is 7.05. The zero-order chi connectivity index (χ0) is 15.4. The van der Waals surface area contributed by atoms with Crippen molar-refractivity contribution in [1.29, 1.82) is 0 Å². The Balaban J connectivity index is 2.50. The van der Waals surface area contributed by atoms with Crippen molar-refractivity contribution in [3.63, 3.8) is 0 Å². The van der Waals surface area contributed by atoms with Gasteiger partial charge in [-0.1, -0.05) is 40.5 Å². The van der Waals surface area contributed by atoms with Crippen LogP contribution in [0.15, 0.2) is 40.9 Å². The van der Waals surface area contributed by atoms with Gasteiger partial charge in [-0.3, -0.25) is 0 Å². The normalized spacial score (nSPS) is 12.2. The summed E-state index contributed by atoms with van der Waals surface area (Å²) in [6, 6.07) is 12.2. The molecule has 112 valence electrons. The number of ether oxygens (including phenoxy) is 1. The van der Waals surface area contributed by atoms with Crippen LogP contribution in [0, 0.1) is 3.57 Å². The predicted octanol–water partition coefficient (Wildman–Crippen LogP) is 5.41. The van der Waals surface area contributed by atoms with E-state index < -0.39 is 0 Å². The van der Waals surface area contributed by atoms with E-state index in [-0.39, 0.29) is 6.04 Å². The Kier molecular flexibility index (Phi) is 6.34. The molecule has 0 bridgehead atoms. The van der Waals surface area contributed by atoms with Crippen LogP contribution in [-0.4, -0.2) is 13.7 Å². The van der Waals surface area contributed by atoms with E-state index in [0.29, 0.717) is 5.02 Å². The molecule has 0 saturated carbocycles. The first-order chi connectivity index (χ1) is 10.1. The Morgan fingerprint density at radius 2 is 2.00 bits per heavy atom. The van der Waals surface area contributed by atoms with E-state index in [2.05, 4.69) is 69.0 Å². The molecule has 0 radical (unpaired) electrons. The maximum atomic E-state index is 6.44. The molecule has 0 aliphatic heterocycles. The van der Waals surface area contributed by atoms with Gasteiger partial charge >= 0.3 is 0 Å². The van der Waals surface area contributed by atoms with Crippen molar-refractivity contribution in [3.05, 3.63) is 60.6 Å². The van der Waals surface area contributed by atoms with E-state index in [1.807, 2.05) is 18.2 Å². The molecule has 0 aliphatic rings. The van der Waals surface area contributed by atoms with Crippen LogP contribution in [-0.2, 0) is 0 Å². The van der Waals surface area contributed by atoms with Gasteiger partial charge in [-0.15, -0.1) is 0 Å². The molecule has 2 nitrogen and oxygen atoms in total. The zero-order valence-electron chi connectivity index (χ0n) is 11.8. The largest absolute Gasteiger partial charge is 0.497 e. The third-order valence-electron chi connectivity index (χ3n) is 3.20. The lowest BCUT2D eigenvalue weighted by atomic mass is 9.98. The van der Waals surface area contributed by atoms with Gasteiger partial charge in [-0.25, -0.2) is 0 Å². The second-order valence-electron chi connectivity index (χ2n) is 4.54. The predicted molar refractivity (Wildman–Crippen MR) is 100 cm³/mol. The summed E-state index contributed by atoms with van der Waals surface area (Å²) < 4.78 is 7.49. The maximum Gasteiger partial charge on any atom is 0.120 e. The number of benzene rings is 2. The van der Waals surface area contributed by atoms with E-state index in [9.17, 15) is 0 Å². The van der Waals surface area contributed by atoms with Gasteiger partial charge in [0.05, 0.1) is 13.2 Å². The summed E-state index contributed by atoms with van der Waals surface area (Å²) in [5.74, 6) is 0.765. The Bertz CT molecular complexity index is 636. The number of rotatable bonds is 5. The van der Waals surface area contributed by atoms with Crippen LogP contribution in [0.2, 0.25) is 5.02 Å². The lowest BCUT2D eigenvalue weighted by molar-refractivity contribution is 0.414. The van der Waals surface area contributed by atoms with Gasteiger partial charge < -0.3 is 10.1 Å². The van der Waals surface area contributed by atoms with Crippen molar-refractivity contribution in [1.82, 2.24) is 5.32 Å². The molecule has 0 aliphatic carbocycles. The third-order valence-corrected chi connectivity index (χ3v) is 4.92. The quantitative estimate of drug-likeness (QED) is 0.578. The molecular weight excluding hydrogens is 464 g/mol. The van der Waals surface area contributed by atoms with Crippen LogP contribution in [0.3, 0.4) is 0 Å². The molecule has 1 N–H and O–H groups in total. The molecule has 1 unspecified atom stereocenters. The van der Waals surface area contributed by atoms with Crippen LogP contribution >= 0.6 is 50.1 Å². The summed E-state index contributed by atoms with van der Waals surface area (Å²) in [5, 5.41) is 4.20. The van der Waals surface area contributed by atoms with Crippen molar-refractivity contribution in [2.75, 3.05) is 13.7 Å². The van der Waals surface area contributed by atoms with Crippen LogP contribution < -0.4 is 10.1 Å². The fourth-order valence-electron chi connectivity index (χ4n) is 2.20. The molecular formula is C16H16BrClINO. The standard InChI is InChI=1S/C16H16BrClINO/c1-3-20-16(13-8-10(19)4-7-14(13)17)12-6-5-11(21-2)9-15(12)18/h4-9,16,20H,3H2,1-2H3. The van der Waals surface area contributed by atoms with E-state index in [1.165, 1.54) is 9.13 Å². The Morgan fingerprint density at radius 3 is 2.62 bits per heavy atom. The van der Waals surface area contributed by atoms with Gasteiger partial charge in [0.25, 0.3) is 0 Å². The highest BCUT2D eigenvalue weighted by Gasteiger charge is 2.19. The SMILES string of the molecule is CCNC(c1ccc(OC)cc1Cl)c1cc(I)ccc1Br. The first kappa shape index (κ1) is 17.1. The van der Waals surface area contributed by atoms with Crippen LogP contribution in [0.5, 0.6) is 5.75 Å². The van der Waals surface area contributed by atoms with E-state index in [0.717, 1.165) is 22.3 Å². The zero-order valence-corrected chi connectivity index (χ0v) is 16.3. The van der Waals surface area contributed by atoms with Crippen molar-refractivity contribution in [2.24, 2.45) is 0 Å². The van der Waals surface area contributed by atoms with Crippen molar-refractivity contribution < 1.29 is 4.74 Å². The van der Waals surface area contributed by atoms with Gasteiger partial charge in [-0.05, 0) is 70.6 Å². The minimum Gasteiger partial charge on any atom is -0.497 e. The summed E-state index contributed by atoms with van der Waals surface area (Å²) in [7, 11) is 1.64. The molecule has 0 saturated heterocycles. The summed E-state index contributed by atoms with van der Waals surface area (Å²) in [4.78, 5) is 0. The van der Waals surface area contributed by atoms with Crippen LogP contribution in [0.25, 0.3) is 0 Å². The van der Waals surface area contributed by atoms with Crippen LogP contribution in [0.4, 0.5) is 0 Å². The summed E-state index contributed by atoms with van der Waals surface area (Å²) in [6.45, 7) is 2.94. The van der Waals surface area contributed by atoms with E-state index in [1.54, 1.807) is 7.11 Å². The molecule has 0 aromatic heterocycles. The summed E-state index contributed by atoms with van der Waals surface area (Å²) in [5.41, 5.74) is 2.22. The third kappa shape index (κ3) is 4.12. The molecule has 0 spiro atoms. The molecule has 2 rings (SSSR count). The minimum absolute atomic E-state index is 0.0393. The van der Waals surface area contributed by atoms with Crippen molar-refractivity contribution in [2.45, 2.75) is 13.0 Å². The van der Waals surface area contributed by atoms with E-state index >= 15 is 0 Å². The smallest absolute Gasteiger partial charge is 0.120 e. The van der Waals surface area contributed by atoms with Gasteiger partial charge in [0.2, 0.25) is 0 Å². The number of nitrogens with one attached hydrogen (secondary N) is 1. The molecule has 0 fully saturated rings. The molecule has 2 aromatic rings. The van der Waals surface area contributed by atoms with Gasteiger partial charge in [0, 0.05) is 13.1 Å². The highest BCUT2D eigenvalue weighted by molar-refractivity contribution is 14.1. The minimum atomic E-state index is 0.0393.